The minimum atomic E-state index is 0.253. The Balaban J connectivity index is 1.87. The minimum absolute atomic E-state index is 0.253. The monoisotopic (exact) mass is 339 g/mol. The number of nitrogens with zero attached hydrogens (tertiary/aromatic N) is 1. The largest absolute Gasteiger partial charge is 0.284 e. The highest BCUT2D eigenvalue weighted by Crippen LogP contribution is 2.85. The minimum Gasteiger partial charge on any atom is -0.284 e. The Morgan fingerprint density at radius 1 is 1.06 bits per heavy atom. The van der Waals surface area contributed by atoms with Crippen molar-refractivity contribution in [3.63, 3.8) is 0 Å². The Bertz CT molecular complexity index is 703. The second-order valence-corrected chi connectivity index (χ2v) is 30.5. The zero-order valence-corrected chi connectivity index (χ0v) is 14.5. The molecule has 0 saturated carbocycles. The Morgan fingerprint density at radius 3 is 2.31 bits per heavy atom. The average molecular weight is 339 g/mol. The Kier molecular flexibility index (Phi) is 2.65. The van der Waals surface area contributed by atoms with Gasteiger partial charge in [-0.25, -0.2) is 0 Å². The lowest BCUT2D eigenvalue weighted by molar-refractivity contribution is 0.744. The molecule has 3 aromatic heterocycles. The summed E-state index contributed by atoms with van der Waals surface area (Å²) >= 11 is 0. The number of aromatic nitrogens is 1. The maximum Gasteiger partial charge on any atom is 0.0854 e. The van der Waals surface area contributed by atoms with Crippen LogP contribution in [0.5, 0.6) is 0 Å². The topological polar surface area (TPSA) is 4.93 Å². The predicted molar refractivity (Wildman–Crippen MR) is 84.8 cm³/mol. The number of benzene rings is 1. The summed E-state index contributed by atoms with van der Waals surface area (Å²) < 4.78 is 2.87. The lowest BCUT2D eigenvalue weighted by Crippen LogP contribution is -2.01. The van der Waals surface area contributed by atoms with Crippen LogP contribution in [-0.2, 0) is 0 Å². The maximum atomic E-state index is 2.87. The molecule has 0 N–H and O–H groups in total. The zero-order valence-electron chi connectivity index (χ0n) is 8.42. The van der Waals surface area contributed by atoms with E-state index in [9.17, 15) is 0 Å². The standard InChI is InChI=1S/C8H9NP4S3/c1-7(8-5-3-2-4-6-8)9-10-12-11(9)15-13(14-10)16-12/h2-7H,1H3. The van der Waals surface area contributed by atoms with Crippen LogP contribution in [0.15, 0.2) is 30.3 Å². The van der Waals surface area contributed by atoms with Crippen LogP contribution >= 0.6 is 55.1 Å². The van der Waals surface area contributed by atoms with Gasteiger partial charge < -0.3 is 0 Å². The Morgan fingerprint density at radius 2 is 1.75 bits per heavy atom. The van der Waals surface area contributed by atoms with Gasteiger partial charge in [-0.1, -0.05) is 62.0 Å². The summed E-state index contributed by atoms with van der Waals surface area (Å²) in [4.78, 5) is 0.316. The van der Waals surface area contributed by atoms with E-state index in [2.05, 4.69) is 73.0 Å². The van der Waals surface area contributed by atoms with Gasteiger partial charge in [0.15, 0.2) is 0 Å². The number of hydrogen-bond acceptors (Lipinski definition) is 3. The van der Waals surface area contributed by atoms with Crippen LogP contribution in [0, 0.1) is 0 Å². The summed E-state index contributed by atoms with van der Waals surface area (Å²) in [7, 11) is 7.05. The first-order valence-electron chi connectivity index (χ1n) is 4.93. The zero-order chi connectivity index (χ0) is 10.7. The van der Waals surface area contributed by atoms with Crippen molar-refractivity contribution in [1.29, 1.82) is 0 Å². The molecule has 3 heterocycles. The van der Waals surface area contributed by atoms with E-state index in [1.807, 2.05) is 0 Å². The van der Waals surface area contributed by atoms with E-state index in [0.717, 1.165) is 0 Å². The van der Waals surface area contributed by atoms with E-state index in [-0.39, 0.29) is 12.7 Å². The maximum absolute atomic E-state index is 2.87. The fourth-order valence-corrected chi connectivity index (χ4v) is 93.6. The Hall–Kier alpha value is 0.880. The Labute approximate surface area is 107 Å². The third-order valence-corrected chi connectivity index (χ3v) is 53.7. The second-order valence-electron chi connectivity index (χ2n) is 3.63. The summed E-state index contributed by atoms with van der Waals surface area (Å²) in [5.74, 6) is 0.432. The second kappa shape index (κ2) is 3.94. The first kappa shape index (κ1) is 10.8. The van der Waals surface area contributed by atoms with E-state index in [1.54, 1.807) is 0 Å². The van der Waals surface area contributed by atoms with Crippen molar-refractivity contribution in [2.24, 2.45) is 0 Å². The summed E-state index contributed by atoms with van der Waals surface area (Å²) in [5, 5.41) is 0. The van der Waals surface area contributed by atoms with Gasteiger partial charge in [-0.05, 0) is 12.5 Å². The van der Waals surface area contributed by atoms with Crippen molar-refractivity contribution in [2.45, 2.75) is 13.0 Å². The molecule has 0 radical (unpaired) electrons. The average Bonchev–Trinajstić information content (AvgIpc) is 2.86. The van der Waals surface area contributed by atoms with Crippen LogP contribution in [0.1, 0.15) is 18.5 Å². The van der Waals surface area contributed by atoms with Crippen molar-refractivity contribution in [3.05, 3.63) is 35.9 Å². The van der Waals surface area contributed by atoms with Gasteiger partial charge in [-0.2, -0.15) is 0 Å². The summed E-state index contributed by atoms with van der Waals surface area (Å²) in [6.45, 7) is 2.40. The summed E-state index contributed by atoms with van der Waals surface area (Å²) in [6, 6.07) is 11.7. The fraction of sp³-hybridized carbons (Fsp3) is 0.250. The van der Waals surface area contributed by atoms with Crippen molar-refractivity contribution in [1.82, 2.24) is 4.09 Å². The number of rotatable bonds is 2. The van der Waals surface area contributed by atoms with E-state index in [4.69, 9.17) is 0 Å². The molecule has 2 bridgehead atoms. The number of hydrogen-bond donors (Lipinski definition) is 0. The molecule has 8 heteroatoms. The molecule has 1 aromatic carbocycles. The molecule has 16 heavy (non-hydrogen) atoms. The molecule has 4 rings (SSSR count). The van der Waals surface area contributed by atoms with Crippen LogP contribution in [0.2, 0.25) is 0 Å². The van der Waals surface area contributed by atoms with Gasteiger partial charge in [-0.3, -0.25) is 4.09 Å². The van der Waals surface area contributed by atoms with E-state index in [0.29, 0.717) is 16.8 Å². The van der Waals surface area contributed by atoms with Crippen molar-refractivity contribution >= 4 is 55.1 Å². The molecule has 3 unspecified atom stereocenters. The van der Waals surface area contributed by atoms with Gasteiger partial charge in [-0.15, -0.1) is 0 Å². The normalized spacial score (nSPS) is 18.8. The first-order chi connectivity index (χ1) is 7.84. The molecule has 0 spiro atoms. The highest BCUT2D eigenvalue weighted by molar-refractivity contribution is 8.81. The van der Waals surface area contributed by atoms with Gasteiger partial charge in [0.05, 0.1) is 29.5 Å². The van der Waals surface area contributed by atoms with E-state index in [1.165, 1.54) is 5.56 Å². The molecular weight excluding hydrogens is 330 g/mol. The van der Waals surface area contributed by atoms with Crippen LogP contribution < -0.4 is 0 Å². The van der Waals surface area contributed by atoms with E-state index >= 15 is 0 Å². The third kappa shape index (κ3) is 1.42. The predicted octanol–water partition coefficient (Wildman–Crippen LogP) is 7.29. The van der Waals surface area contributed by atoms with Gasteiger partial charge in [0.25, 0.3) is 0 Å². The van der Waals surface area contributed by atoms with Crippen LogP contribution in [0.25, 0.3) is 0 Å². The van der Waals surface area contributed by atoms with E-state index < -0.39 is 0 Å². The highest BCUT2D eigenvalue weighted by Gasteiger charge is 2.23. The van der Waals surface area contributed by atoms with Crippen LogP contribution in [0.3, 0.4) is 0 Å². The van der Waals surface area contributed by atoms with Crippen LogP contribution in [-0.4, -0.2) is 4.09 Å². The molecule has 0 aliphatic heterocycles. The van der Waals surface area contributed by atoms with Gasteiger partial charge in [0, 0.05) is 0 Å². The fourth-order valence-electron chi connectivity index (χ4n) is 1.84. The lowest BCUT2D eigenvalue weighted by atomic mass is 10.1. The van der Waals surface area contributed by atoms with Gasteiger partial charge in [0.1, 0.15) is 0 Å². The first-order valence-corrected chi connectivity index (χ1v) is 17.7. The quantitative estimate of drug-likeness (QED) is 0.361. The third-order valence-electron chi connectivity index (χ3n) is 2.69. The molecule has 1 nitrogen and oxygen atoms in total. The molecule has 0 amide bonds. The smallest absolute Gasteiger partial charge is 0.0854 e. The SMILES string of the molecule is CC(c1ccccc1)n1p2sp3sp1p2s3. The molecule has 0 aliphatic rings. The van der Waals surface area contributed by atoms with Gasteiger partial charge >= 0.3 is 0 Å². The summed E-state index contributed by atoms with van der Waals surface area (Å²) in [5.41, 5.74) is 1.51. The summed E-state index contributed by atoms with van der Waals surface area (Å²) in [6.07, 6.45) is 0.506. The molecule has 3 atom stereocenters. The molecule has 84 valence electrons. The molecular formula is C8H9NP4S3. The van der Waals surface area contributed by atoms with Crippen molar-refractivity contribution in [3.8, 4) is 0 Å². The van der Waals surface area contributed by atoms with Crippen molar-refractivity contribution in [2.75, 3.05) is 0 Å². The van der Waals surface area contributed by atoms with Crippen molar-refractivity contribution < 1.29 is 0 Å². The lowest BCUT2D eigenvalue weighted by Gasteiger charge is -2.22. The molecule has 0 saturated heterocycles. The number of fused-ring (bicyclic) bond motifs is 1. The highest BCUT2D eigenvalue weighted by atomic mass is 33.4. The molecule has 0 aliphatic carbocycles. The van der Waals surface area contributed by atoms with Crippen LogP contribution in [0.4, 0.5) is 0 Å². The molecule has 4 aromatic rings. The van der Waals surface area contributed by atoms with Gasteiger partial charge in [0.2, 0.25) is 0 Å². The molecule has 0 fully saturated rings.